The van der Waals surface area contributed by atoms with Gasteiger partial charge in [0.25, 0.3) is 0 Å². The number of rotatable bonds is 1. The zero-order valence-corrected chi connectivity index (χ0v) is 7.95. The number of hydrogen-bond acceptors (Lipinski definition) is 1. The largest absolute Gasteiger partial charge is 0.495 e. The van der Waals surface area contributed by atoms with Crippen molar-refractivity contribution in [3.63, 3.8) is 0 Å². The van der Waals surface area contributed by atoms with E-state index in [0.29, 0.717) is 0 Å². The first-order valence-electron chi connectivity index (χ1n) is 4.39. The lowest BCUT2D eigenvalue weighted by Crippen LogP contribution is -1.89. The highest BCUT2D eigenvalue weighted by atomic mass is 16.5. The van der Waals surface area contributed by atoms with Crippen molar-refractivity contribution >= 4 is 10.8 Å². The Morgan fingerprint density at radius 3 is 2.64 bits per heavy atom. The first-order chi connectivity index (χ1) is 6.86. The van der Waals surface area contributed by atoms with Crippen LogP contribution in [0.2, 0.25) is 0 Å². The molecule has 0 N–H and O–H groups in total. The SMILES string of the molecule is C#Cc1ccc2ccccc2c1OC. The lowest BCUT2D eigenvalue weighted by molar-refractivity contribution is 0.418. The fourth-order valence-electron chi connectivity index (χ4n) is 1.58. The van der Waals surface area contributed by atoms with Crippen LogP contribution in [0.15, 0.2) is 36.4 Å². The van der Waals surface area contributed by atoms with Crippen molar-refractivity contribution in [2.24, 2.45) is 0 Å². The van der Waals surface area contributed by atoms with Crippen LogP contribution in [-0.4, -0.2) is 7.11 Å². The molecule has 0 saturated carbocycles. The second-order valence-electron chi connectivity index (χ2n) is 3.01. The molecule has 2 aromatic carbocycles. The van der Waals surface area contributed by atoms with E-state index in [2.05, 4.69) is 5.92 Å². The minimum absolute atomic E-state index is 0.783. The highest BCUT2D eigenvalue weighted by Gasteiger charge is 2.04. The van der Waals surface area contributed by atoms with Gasteiger partial charge in [-0.2, -0.15) is 0 Å². The van der Waals surface area contributed by atoms with Gasteiger partial charge < -0.3 is 4.74 Å². The molecule has 2 rings (SSSR count). The van der Waals surface area contributed by atoms with Crippen LogP contribution in [0.5, 0.6) is 5.75 Å². The Labute approximate surface area is 83.3 Å². The maximum absolute atomic E-state index is 5.39. The van der Waals surface area contributed by atoms with Gasteiger partial charge in [-0.15, -0.1) is 6.42 Å². The van der Waals surface area contributed by atoms with Crippen molar-refractivity contribution in [3.8, 4) is 18.1 Å². The number of ether oxygens (including phenoxy) is 1. The van der Waals surface area contributed by atoms with Gasteiger partial charge in [-0.1, -0.05) is 36.3 Å². The molecule has 1 heteroatoms. The summed E-state index contributed by atoms with van der Waals surface area (Å²) in [6, 6.07) is 11.9. The lowest BCUT2D eigenvalue weighted by Gasteiger charge is -2.07. The molecule has 0 heterocycles. The molecule has 0 saturated heterocycles. The third kappa shape index (κ3) is 1.22. The van der Waals surface area contributed by atoms with Crippen LogP contribution in [0.25, 0.3) is 10.8 Å². The molecule has 0 unspecified atom stereocenters. The molecule has 0 spiro atoms. The van der Waals surface area contributed by atoms with E-state index in [0.717, 1.165) is 22.1 Å². The molecule has 0 aliphatic carbocycles. The first-order valence-corrected chi connectivity index (χ1v) is 4.39. The number of methoxy groups -OCH3 is 1. The van der Waals surface area contributed by atoms with Crippen LogP contribution < -0.4 is 4.74 Å². The molecular formula is C13H10O. The van der Waals surface area contributed by atoms with E-state index in [9.17, 15) is 0 Å². The van der Waals surface area contributed by atoms with Crippen molar-refractivity contribution in [2.75, 3.05) is 7.11 Å². The Morgan fingerprint density at radius 2 is 1.93 bits per heavy atom. The Bertz CT molecular complexity index is 506. The third-order valence-corrected chi connectivity index (χ3v) is 2.24. The van der Waals surface area contributed by atoms with Crippen LogP contribution in [-0.2, 0) is 0 Å². The van der Waals surface area contributed by atoms with Crippen molar-refractivity contribution in [1.29, 1.82) is 0 Å². The second-order valence-corrected chi connectivity index (χ2v) is 3.01. The predicted octanol–water partition coefficient (Wildman–Crippen LogP) is 2.83. The Hall–Kier alpha value is -1.94. The number of hydrogen-bond donors (Lipinski definition) is 0. The van der Waals surface area contributed by atoms with Crippen molar-refractivity contribution < 1.29 is 4.74 Å². The van der Waals surface area contributed by atoms with E-state index in [-0.39, 0.29) is 0 Å². The second kappa shape index (κ2) is 3.43. The number of benzene rings is 2. The van der Waals surface area contributed by atoms with Crippen LogP contribution in [0, 0.1) is 12.3 Å². The third-order valence-electron chi connectivity index (χ3n) is 2.24. The van der Waals surface area contributed by atoms with Crippen molar-refractivity contribution in [3.05, 3.63) is 42.0 Å². The zero-order valence-electron chi connectivity index (χ0n) is 7.95. The molecule has 1 nitrogen and oxygen atoms in total. The summed E-state index contributed by atoms with van der Waals surface area (Å²) >= 11 is 0. The van der Waals surface area contributed by atoms with Gasteiger partial charge in [-0.05, 0) is 11.5 Å². The molecular weight excluding hydrogens is 172 g/mol. The molecule has 0 aliphatic rings. The monoisotopic (exact) mass is 182 g/mol. The number of terminal acetylenes is 1. The smallest absolute Gasteiger partial charge is 0.142 e. The molecule has 0 bridgehead atoms. The van der Waals surface area contributed by atoms with E-state index in [1.165, 1.54) is 0 Å². The Morgan fingerprint density at radius 1 is 1.14 bits per heavy atom. The molecule has 2 aromatic rings. The summed E-state index contributed by atoms with van der Waals surface area (Å²) in [5.41, 5.74) is 0.797. The van der Waals surface area contributed by atoms with E-state index in [1.54, 1.807) is 7.11 Å². The maximum atomic E-state index is 5.39. The predicted molar refractivity (Wildman–Crippen MR) is 58.4 cm³/mol. The summed E-state index contributed by atoms with van der Waals surface area (Å²) in [5, 5.41) is 2.20. The van der Waals surface area contributed by atoms with Gasteiger partial charge in [0.05, 0.1) is 12.7 Å². The van der Waals surface area contributed by atoms with Gasteiger partial charge >= 0.3 is 0 Å². The molecule has 0 radical (unpaired) electrons. The quantitative estimate of drug-likeness (QED) is 0.616. The molecule has 0 amide bonds. The van der Waals surface area contributed by atoms with Gasteiger partial charge in [0.1, 0.15) is 5.75 Å². The van der Waals surface area contributed by atoms with Crippen LogP contribution in [0.1, 0.15) is 5.56 Å². The Balaban J connectivity index is 2.85. The Kier molecular flexibility index (Phi) is 2.12. The van der Waals surface area contributed by atoms with Gasteiger partial charge in [0.2, 0.25) is 0 Å². The van der Waals surface area contributed by atoms with E-state index >= 15 is 0 Å². The molecule has 0 fully saturated rings. The topological polar surface area (TPSA) is 9.23 Å². The fourth-order valence-corrected chi connectivity index (χ4v) is 1.58. The van der Waals surface area contributed by atoms with E-state index < -0.39 is 0 Å². The summed E-state index contributed by atoms with van der Waals surface area (Å²) in [6.45, 7) is 0. The van der Waals surface area contributed by atoms with Crippen LogP contribution in [0.4, 0.5) is 0 Å². The standard InChI is InChI=1S/C13H10O/c1-3-10-8-9-11-6-4-5-7-12(11)13(10)14-2/h1,4-9H,2H3. The summed E-state index contributed by atoms with van der Waals surface area (Å²) in [7, 11) is 1.64. The van der Waals surface area contributed by atoms with E-state index in [1.807, 2.05) is 36.4 Å². The maximum Gasteiger partial charge on any atom is 0.142 e. The summed E-state index contributed by atoms with van der Waals surface area (Å²) < 4.78 is 5.31. The van der Waals surface area contributed by atoms with Crippen molar-refractivity contribution in [2.45, 2.75) is 0 Å². The van der Waals surface area contributed by atoms with Gasteiger partial charge in [-0.3, -0.25) is 0 Å². The molecule has 68 valence electrons. The summed E-state index contributed by atoms with van der Waals surface area (Å²) in [4.78, 5) is 0. The van der Waals surface area contributed by atoms with Crippen LogP contribution in [0.3, 0.4) is 0 Å². The molecule has 0 atom stereocenters. The average Bonchev–Trinajstić information content (AvgIpc) is 2.27. The van der Waals surface area contributed by atoms with Crippen molar-refractivity contribution in [1.82, 2.24) is 0 Å². The highest BCUT2D eigenvalue weighted by molar-refractivity contribution is 5.90. The normalized spacial score (nSPS) is 9.71. The first kappa shape index (κ1) is 8.65. The van der Waals surface area contributed by atoms with Gasteiger partial charge in [0.15, 0.2) is 0 Å². The minimum Gasteiger partial charge on any atom is -0.495 e. The molecule has 0 aliphatic heterocycles. The molecule has 14 heavy (non-hydrogen) atoms. The molecule has 0 aromatic heterocycles. The van der Waals surface area contributed by atoms with Crippen LogP contribution >= 0.6 is 0 Å². The highest BCUT2D eigenvalue weighted by Crippen LogP contribution is 2.28. The average molecular weight is 182 g/mol. The van der Waals surface area contributed by atoms with Gasteiger partial charge in [0, 0.05) is 5.39 Å². The van der Waals surface area contributed by atoms with Gasteiger partial charge in [-0.25, -0.2) is 0 Å². The minimum atomic E-state index is 0.783. The number of fused-ring (bicyclic) bond motifs is 1. The lowest BCUT2D eigenvalue weighted by atomic mass is 10.1. The summed E-state index contributed by atoms with van der Waals surface area (Å²) in [5.74, 6) is 3.40. The summed E-state index contributed by atoms with van der Waals surface area (Å²) in [6.07, 6.45) is 5.39. The zero-order chi connectivity index (χ0) is 9.97. The fraction of sp³-hybridized carbons (Fsp3) is 0.0769. The van der Waals surface area contributed by atoms with E-state index in [4.69, 9.17) is 11.2 Å².